The number of nitrogens with zero attached hydrogens (tertiary/aromatic N) is 3. The molecule has 0 radical (unpaired) electrons. The quantitative estimate of drug-likeness (QED) is 0.696. The van der Waals surface area contributed by atoms with Gasteiger partial charge in [-0.1, -0.05) is 36.4 Å². The third-order valence-electron chi connectivity index (χ3n) is 5.42. The highest BCUT2D eigenvalue weighted by Gasteiger charge is 2.23. The topological polar surface area (TPSA) is 52.2 Å². The zero-order chi connectivity index (χ0) is 19.5. The van der Waals surface area contributed by atoms with Crippen molar-refractivity contribution >= 4 is 41.4 Å². The Bertz CT molecular complexity index is 986. The lowest BCUT2D eigenvalue weighted by molar-refractivity contribution is 0.0595. The number of benzene rings is 2. The number of rotatable bonds is 4. The van der Waals surface area contributed by atoms with Crippen molar-refractivity contribution in [1.82, 2.24) is 20.0 Å². The van der Waals surface area contributed by atoms with Crippen LogP contribution in [0.5, 0.6) is 0 Å². The minimum absolute atomic E-state index is 0. The number of amides is 1. The van der Waals surface area contributed by atoms with Gasteiger partial charge in [0.25, 0.3) is 5.91 Å². The molecule has 2 aromatic carbocycles. The number of hydrogen-bond donors (Lipinski definition) is 1. The third-order valence-corrected chi connectivity index (χ3v) is 5.42. The molecule has 1 N–H and O–H groups in total. The van der Waals surface area contributed by atoms with Gasteiger partial charge in [0.15, 0.2) is 0 Å². The number of aromatic amines is 1. The van der Waals surface area contributed by atoms with E-state index in [0.717, 1.165) is 53.9 Å². The lowest BCUT2D eigenvalue weighted by Crippen LogP contribution is -2.50. The van der Waals surface area contributed by atoms with Gasteiger partial charge in [0.05, 0.1) is 11.2 Å². The van der Waals surface area contributed by atoms with Crippen LogP contribution in [-0.2, 0) is 0 Å². The molecule has 0 bridgehead atoms. The highest BCUT2D eigenvalue weighted by atomic mass is 35.5. The number of halogens is 1. The van der Waals surface area contributed by atoms with Crippen molar-refractivity contribution in [3.05, 3.63) is 65.4 Å². The van der Waals surface area contributed by atoms with Crippen molar-refractivity contribution in [2.75, 3.05) is 26.2 Å². The van der Waals surface area contributed by atoms with E-state index < -0.39 is 0 Å². The van der Waals surface area contributed by atoms with Gasteiger partial charge >= 0.3 is 0 Å². The molecule has 3 aromatic rings. The summed E-state index contributed by atoms with van der Waals surface area (Å²) in [6, 6.07) is 16.4. The molecular weight excluding hydrogens is 384 g/mol. The third kappa shape index (κ3) is 4.69. The smallest absolute Gasteiger partial charge is 0.253 e. The number of aromatic nitrogens is 2. The minimum Gasteiger partial charge on any atom is -0.336 e. The monoisotopic (exact) mass is 410 g/mol. The Labute approximate surface area is 177 Å². The molecule has 29 heavy (non-hydrogen) atoms. The summed E-state index contributed by atoms with van der Waals surface area (Å²) in [5.41, 5.74) is 3.74. The molecule has 0 unspecified atom stereocenters. The standard InChI is InChI=1S/C23H26N4O.ClH/c1-17(2)26-13-15-27(16-14-26)23(28)19-10-7-18(8-11-19)9-12-22-20-5-3-4-6-21(20)24-25-22;/h3-12,17H,13-16H2,1-2H3,(H,24,25);1H/b12-9+;. The van der Waals surface area contributed by atoms with Crippen LogP contribution in [0.25, 0.3) is 23.1 Å². The summed E-state index contributed by atoms with van der Waals surface area (Å²) in [4.78, 5) is 17.1. The van der Waals surface area contributed by atoms with E-state index in [2.05, 4.69) is 35.0 Å². The molecule has 152 valence electrons. The van der Waals surface area contributed by atoms with E-state index in [1.54, 1.807) is 0 Å². The van der Waals surface area contributed by atoms with E-state index in [-0.39, 0.29) is 18.3 Å². The van der Waals surface area contributed by atoms with Gasteiger partial charge in [-0.2, -0.15) is 5.10 Å². The summed E-state index contributed by atoms with van der Waals surface area (Å²) in [6.07, 6.45) is 4.03. The first-order chi connectivity index (χ1) is 13.6. The van der Waals surface area contributed by atoms with Crippen LogP contribution in [0.15, 0.2) is 48.5 Å². The van der Waals surface area contributed by atoms with E-state index in [1.165, 1.54) is 0 Å². The number of carbonyl (C=O) groups is 1. The summed E-state index contributed by atoms with van der Waals surface area (Å²) in [6.45, 7) is 7.89. The number of para-hydroxylation sites is 1. The molecule has 0 aliphatic carbocycles. The lowest BCUT2D eigenvalue weighted by atomic mass is 10.1. The highest BCUT2D eigenvalue weighted by molar-refractivity contribution is 5.95. The van der Waals surface area contributed by atoms with Crippen molar-refractivity contribution < 1.29 is 4.79 Å². The average Bonchev–Trinajstić information content (AvgIpc) is 3.15. The predicted octanol–water partition coefficient (Wildman–Crippen LogP) is 4.32. The van der Waals surface area contributed by atoms with Crippen molar-refractivity contribution in [2.45, 2.75) is 19.9 Å². The second-order valence-electron chi connectivity index (χ2n) is 7.53. The van der Waals surface area contributed by atoms with Gasteiger partial charge in [0.1, 0.15) is 0 Å². The van der Waals surface area contributed by atoms with Crippen LogP contribution in [0.4, 0.5) is 0 Å². The Hall–Kier alpha value is -2.63. The summed E-state index contributed by atoms with van der Waals surface area (Å²) in [5.74, 6) is 0.122. The first-order valence-corrected chi connectivity index (χ1v) is 9.86. The Morgan fingerprint density at radius 3 is 2.38 bits per heavy atom. The Morgan fingerprint density at radius 1 is 1.00 bits per heavy atom. The van der Waals surface area contributed by atoms with Gasteiger partial charge in [0, 0.05) is 43.2 Å². The number of nitrogens with one attached hydrogen (secondary N) is 1. The fraction of sp³-hybridized carbons (Fsp3) is 0.304. The van der Waals surface area contributed by atoms with Crippen molar-refractivity contribution in [1.29, 1.82) is 0 Å². The molecule has 5 nitrogen and oxygen atoms in total. The minimum atomic E-state index is 0. The molecule has 6 heteroatoms. The van der Waals surface area contributed by atoms with Crippen molar-refractivity contribution in [2.24, 2.45) is 0 Å². The molecule has 1 fully saturated rings. The van der Waals surface area contributed by atoms with Gasteiger partial charge in [-0.25, -0.2) is 0 Å². The highest BCUT2D eigenvalue weighted by Crippen LogP contribution is 2.18. The second kappa shape index (κ2) is 9.25. The van der Waals surface area contributed by atoms with Gasteiger partial charge in [0.2, 0.25) is 0 Å². The zero-order valence-corrected chi connectivity index (χ0v) is 17.7. The van der Waals surface area contributed by atoms with Gasteiger partial charge in [-0.15, -0.1) is 12.4 Å². The summed E-state index contributed by atoms with van der Waals surface area (Å²) in [5, 5.41) is 8.50. The molecule has 4 rings (SSSR count). The maximum Gasteiger partial charge on any atom is 0.253 e. The Kier molecular flexibility index (Phi) is 6.72. The predicted molar refractivity (Wildman–Crippen MR) is 121 cm³/mol. The fourth-order valence-electron chi connectivity index (χ4n) is 3.65. The maximum absolute atomic E-state index is 12.8. The molecule has 2 heterocycles. The first kappa shape index (κ1) is 21.1. The number of piperazine rings is 1. The van der Waals surface area contributed by atoms with E-state index >= 15 is 0 Å². The summed E-state index contributed by atoms with van der Waals surface area (Å²) >= 11 is 0. The molecule has 0 saturated carbocycles. The van der Waals surface area contributed by atoms with Gasteiger partial charge in [-0.05, 0) is 43.7 Å². The van der Waals surface area contributed by atoms with E-state index in [4.69, 9.17) is 0 Å². The van der Waals surface area contributed by atoms with E-state index in [9.17, 15) is 4.79 Å². The Morgan fingerprint density at radius 2 is 1.69 bits per heavy atom. The molecule has 1 saturated heterocycles. The maximum atomic E-state index is 12.8. The van der Waals surface area contributed by atoms with Crippen LogP contribution in [0.2, 0.25) is 0 Å². The number of H-pyrrole nitrogens is 1. The first-order valence-electron chi connectivity index (χ1n) is 9.86. The molecular formula is C23H27ClN4O. The van der Waals surface area contributed by atoms with Crippen molar-refractivity contribution in [3.63, 3.8) is 0 Å². The second-order valence-corrected chi connectivity index (χ2v) is 7.53. The van der Waals surface area contributed by atoms with Crippen LogP contribution >= 0.6 is 12.4 Å². The van der Waals surface area contributed by atoms with Crippen LogP contribution in [0.3, 0.4) is 0 Å². The average molecular weight is 411 g/mol. The fourth-order valence-corrected chi connectivity index (χ4v) is 3.65. The van der Waals surface area contributed by atoms with E-state index in [0.29, 0.717) is 6.04 Å². The molecule has 1 aliphatic heterocycles. The van der Waals surface area contributed by atoms with Gasteiger partial charge < -0.3 is 4.90 Å². The SMILES string of the molecule is CC(C)N1CCN(C(=O)c2ccc(/C=C/c3n[nH]c4ccccc34)cc2)CC1.Cl. The van der Waals surface area contributed by atoms with Crippen LogP contribution in [0.1, 0.15) is 35.5 Å². The van der Waals surface area contributed by atoms with Crippen LogP contribution in [0, 0.1) is 0 Å². The largest absolute Gasteiger partial charge is 0.336 e. The summed E-state index contributed by atoms with van der Waals surface area (Å²) < 4.78 is 0. The van der Waals surface area contributed by atoms with Gasteiger partial charge in [-0.3, -0.25) is 14.8 Å². The molecule has 1 aromatic heterocycles. The molecule has 0 spiro atoms. The van der Waals surface area contributed by atoms with Crippen molar-refractivity contribution in [3.8, 4) is 0 Å². The van der Waals surface area contributed by atoms with Crippen LogP contribution < -0.4 is 0 Å². The number of hydrogen-bond acceptors (Lipinski definition) is 3. The lowest BCUT2D eigenvalue weighted by Gasteiger charge is -2.37. The van der Waals surface area contributed by atoms with Crippen LogP contribution in [-0.4, -0.2) is 58.1 Å². The molecule has 1 amide bonds. The molecule has 0 atom stereocenters. The summed E-state index contributed by atoms with van der Waals surface area (Å²) in [7, 11) is 0. The zero-order valence-electron chi connectivity index (χ0n) is 16.8. The van der Waals surface area contributed by atoms with E-state index in [1.807, 2.05) is 59.5 Å². The normalized spacial score (nSPS) is 15.2. The number of carbonyl (C=O) groups excluding carboxylic acids is 1. The molecule has 1 aliphatic rings. The Balaban J connectivity index is 0.00000240. The number of fused-ring (bicyclic) bond motifs is 1.